The number of benzene rings is 2. The third-order valence-corrected chi connectivity index (χ3v) is 6.10. The molecule has 0 saturated carbocycles. The van der Waals surface area contributed by atoms with Crippen molar-refractivity contribution < 1.29 is 19.1 Å². The quantitative estimate of drug-likeness (QED) is 0.457. The van der Waals surface area contributed by atoms with Crippen LogP contribution in [0.1, 0.15) is 31.9 Å². The molecule has 1 aliphatic heterocycles. The van der Waals surface area contributed by atoms with Gasteiger partial charge in [0.1, 0.15) is 18.2 Å². The Kier molecular flexibility index (Phi) is 6.87. The SMILES string of the molecule is CC(C)(C)OC(=O)C1=CC=C2C1=CC(C(=O)OCc1ccccc1)N2Cc1ccc(Cl)c(Cl)c1. The lowest BCUT2D eigenvalue weighted by Crippen LogP contribution is -2.36. The lowest BCUT2D eigenvalue weighted by atomic mass is 10.1. The molecule has 1 unspecified atom stereocenters. The molecule has 0 fully saturated rings. The zero-order chi connectivity index (χ0) is 24.5. The second-order valence-electron chi connectivity index (χ2n) is 9.13. The maximum atomic E-state index is 13.2. The van der Waals surface area contributed by atoms with E-state index < -0.39 is 23.6 Å². The average molecular weight is 498 g/mol. The lowest BCUT2D eigenvalue weighted by Gasteiger charge is -2.27. The fraction of sp³-hybridized carbons (Fsp3) is 0.259. The van der Waals surface area contributed by atoms with Crippen molar-refractivity contribution in [2.45, 2.75) is 45.6 Å². The number of halogens is 2. The third-order valence-electron chi connectivity index (χ3n) is 5.36. The highest BCUT2D eigenvalue weighted by Gasteiger charge is 2.40. The van der Waals surface area contributed by atoms with Gasteiger partial charge in [-0.25, -0.2) is 9.59 Å². The van der Waals surface area contributed by atoms with Crippen LogP contribution in [-0.2, 0) is 32.2 Å². The van der Waals surface area contributed by atoms with Crippen LogP contribution in [0.5, 0.6) is 0 Å². The summed E-state index contributed by atoms with van der Waals surface area (Å²) in [4.78, 5) is 27.9. The number of carbonyl (C=O) groups excluding carboxylic acids is 2. The van der Waals surface area contributed by atoms with Gasteiger partial charge in [-0.05, 0) is 62.3 Å². The zero-order valence-electron chi connectivity index (χ0n) is 19.2. The third kappa shape index (κ3) is 5.37. The minimum Gasteiger partial charge on any atom is -0.459 e. The number of ether oxygens (including phenoxy) is 2. The molecule has 0 saturated heterocycles. The minimum absolute atomic E-state index is 0.160. The smallest absolute Gasteiger partial charge is 0.339 e. The Hall–Kier alpha value is -3.02. The summed E-state index contributed by atoms with van der Waals surface area (Å²) in [5.74, 6) is -0.840. The monoisotopic (exact) mass is 497 g/mol. The molecule has 5 nitrogen and oxygen atoms in total. The Bertz CT molecular complexity index is 1210. The second kappa shape index (κ2) is 9.69. The fourth-order valence-corrected chi connectivity index (χ4v) is 4.16. The predicted molar refractivity (Wildman–Crippen MR) is 132 cm³/mol. The molecule has 0 spiro atoms. The lowest BCUT2D eigenvalue weighted by molar-refractivity contribution is -0.150. The molecule has 1 atom stereocenters. The van der Waals surface area contributed by atoms with Crippen molar-refractivity contribution in [2.75, 3.05) is 0 Å². The van der Waals surface area contributed by atoms with E-state index in [0.29, 0.717) is 27.7 Å². The summed E-state index contributed by atoms with van der Waals surface area (Å²) in [7, 11) is 0. The highest BCUT2D eigenvalue weighted by molar-refractivity contribution is 6.42. The molecule has 2 aromatic carbocycles. The van der Waals surface area contributed by atoms with Gasteiger partial charge in [0.15, 0.2) is 0 Å². The molecule has 1 aliphatic carbocycles. The predicted octanol–water partition coefficient (Wildman–Crippen LogP) is 6.01. The summed E-state index contributed by atoms with van der Waals surface area (Å²) in [6.07, 6.45) is 5.31. The second-order valence-corrected chi connectivity index (χ2v) is 9.94. The molecular weight excluding hydrogens is 473 g/mol. The van der Waals surface area contributed by atoms with Crippen LogP contribution >= 0.6 is 23.2 Å². The molecule has 176 valence electrons. The molecule has 0 amide bonds. The van der Waals surface area contributed by atoms with Gasteiger partial charge in [0.05, 0.1) is 15.6 Å². The van der Waals surface area contributed by atoms with Gasteiger partial charge in [0.25, 0.3) is 0 Å². The van der Waals surface area contributed by atoms with Crippen LogP contribution in [-0.4, -0.2) is 28.5 Å². The van der Waals surface area contributed by atoms with Crippen LogP contribution < -0.4 is 0 Å². The molecule has 0 bridgehead atoms. The molecule has 1 heterocycles. The first-order valence-corrected chi connectivity index (χ1v) is 11.7. The van der Waals surface area contributed by atoms with Gasteiger partial charge in [-0.15, -0.1) is 0 Å². The Morgan fingerprint density at radius 2 is 1.71 bits per heavy atom. The first-order chi connectivity index (χ1) is 16.1. The van der Waals surface area contributed by atoms with Crippen molar-refractivity contribution in [1.82, 2.24) is 4.90 Å². The van der Waals surface area contributed by atoms with Crippen molar-refractivity contribution in [1.29, 1.82) is 0 Å². The van der Waals surface area contributed by atoms with Crippen LogP contribution in [0, 0.1) is 0 Å². The van der Waals surface area contributed by atoms with E-state index in [9.17, 15) is 9.59 Å². The first-order valence-electron chi connectivity index (χ1n) is 10.9. The maximum Gasteiger partial charge on any atom is 0.339 e. The summed E-state index contributed by atoms with van der Waals surface area (Å²) in [5, 5.41) is 0.890. The number of fused-ring (bicyclic) bond motifs is 1. The molecule has 0 aromatic heterocycles. The molecule has 4 rings (SSSR count). The van der Waals surface area contributed by atoms with Gasteiger partial charge in [0.2, 0.25) is 0 Å². The summed E-state index contributed by atoms with van der Waals surface area (Å²) in [6.45, 7) is 5.99. The Morgan fingerprint density at radius 3 is 2.38 bits per heavy atom. The summed E-state index contributed by atoms with van der Waals surface area (Å²) < 4.78 is 11.2. The number of allylic oxidation sites excluding steroid dienone is 3. The number of rotatable bonds is 6. The Balaban J connectivity index is 1.59. The zero-order valence-corrected chi connectivity index (χ0v) is 20.7. The highest BCUT2D eigenvalue weighted by Crippen LogP contribution is 2.39. The number of esters is 2. The van der Waals surface area contributed by atoms with Gasteiger partial charge in [-0.2, -0.15) is 0 Å². The van der Waals surface area contributed by atoms with Crippen molar-refractivity contribution in [3.8, 4) is 0 Å². The molecule has 34 heavy (non-hydrogen) atoms. The number of carbonyl (C=O) groups is 2. The van der Waals surface area contributed by atoms with Crippen LogP contribution in [0.15, 0.2) is 83.6 Å². The molecule has 0 N–H and O–H groups in total. The topological polar surface area (TPSA) is 55.8 Å². The van der Waals surface area contributed by atoms with E-state index in [1.54, 1.807) is 24.3 Å². The summed E-state index contributed by atoms with van der Waals surface area (Å²) in [6, 6.07) is 14.1. The molecule has 7 heteroatoms. The number of hydrogen-bond acceptors (Lipinski definition) is 5. The molecule has 0 radical (unpaired) electrons. The Labute approximate surface area is 209 Å². The fourth-order valence-electron chi connectivity index (χ4n) is 3.84. The van der Waals surface area contributed by atoms with Crippen molar-refractivity contribution >= 4 is 35.1 Å². The Morgan fingerprint density at radius 1 is 0.971 bits per heavy atom. The van der Waals surface area contributed by atoms with Gasteiger partial charge in [0, 0.05) is 17.8 Å². The summed E-state index contributed by atoms with van der Waals surface area (Å²) in [5.41, 5.74) is 2.97. The van der Waals surface area contributed by atoms with E-state index in [1.807, 2.05) is 68.1 Å². The largest absolute Gasteiger partial charge is 0.459 e. The normalized spacial score (nSPS) is 17.0. The van der Waals surface area contributed by atoms with Crippen molar-refractivity contribution in [3.63, 3.8) is 0 Å². The van der Waals surface area contributed by atoms with Gasteiger partial charge in [-0.1, -0.05) is 59.6 Å². The molecule has 2 aromatic rings. The van der Waals surface area contributed by atoms with E-state index in [1.165, 1.54) is 0 Å². The maximum absolute atomic E-state index is 13.2. The van der Waals surface area contributed by atoms with Crippen LogP contribution in [0.25, 0.3) is 0 Å². The van der Waals surface area contributed by atoms with Crippen LogP contribution in [0.2, 0.25) is 10.0 Å². The van der Waals surface area contributed by atoms with E-state index in [4.69, 9.17) is 32.7 Å². The van der Waals surface area contributed by atoms with Crippen LogP contribution in [0.3, 0.4) is 0 Å². The van der Waals surface area contributed by atoms with Gasteiger partial charge in [-0.3, -0.25) is 0 Å². The van der Waals surface area contributed by atoms with E-state index >= 15 is 0 Å². The highest BCUT2D eigenvalue weighted by atomic mass is 35.5. The van der Waals surface area contributed by atoms with E-state index in [0.717, 1.165) is 16.8 Å². The van der Waals surface area contributed by atoms with E-state index in [-0.39, 0.29) is 6.61 Å². The van der Waals surface area contributed by atoms with E-state index in [2.05, 4.69) is 0 Å². The first kappa shape index (κ1) is 24.1. The van der Waals surface area contributed by atoms with Crippen LogP contribution in [0.4, 0.5) is 0 Å². The molecular formula is C27H25Cl2NO4. The standard InChI is InChI=1S/C27H25Cl2NO4/c1-27(2,3)34-25(31)19-10-12-23-20(19)14-24(26(32)33-16-17-7-5-4-6-8-17)30(23)15-18-9-11-21(28)22(29)13-18/h4-14,24H,15-16H2,1-3H3. The molecule has 2 aliphatic rings. The van der Waals surface area contributed by atoms with Crippen molar-refractivity contribution in [2.24, 2.45) is 0 Å². The average Bonchev–Trinajstić information content (AvgIpc) is 3.34. The van der Waals surface area contributed by atoms with Gasteiger partial charge >= 0.3 is 11.9 Å². The summed E-state index contributed by atoms with van der Waals surface area (Å²) >= 11 is 12.3. The van der Waals surface area contributed by atoms with Crippen molar-refractivity contribution in [3.05, 3.63) is 105 Å². The number of nitrogens with zero attached hydrogens (tertiary/aromatic N) is 1. The van der Waals surface area contributed by atoms with Gasteiger partial charge < -0.3 is 14.4 Å². The number of hydrogen-bond donors (Lipinski definition) is 0. The minimum atomic E-state index is -0.703.